The van der Waals surface area contributed by atoms with Crippen molar-refractivity contribution in [1.29, 1.82) is 0 Å². The molecule has 4 nitrogen and oxygen atoms in total. The predicted molar refractivity (Wildman–Crippen MR) is 87.0 cm³/mol. The van der Waals surface area contributed by atoms with Crippen LogP contribution in [0.4, 0.5) is 0 Å². The second-order valence-electron chi connectivity index (χ2n) is 6.17. The Labute approximate surface area is 125 Å². The molecule has 4 heteroatoms. The van der Waals surface area contributed by atoms with E-state index in [0.29, 0.717) is 12.5 Å². The van der Waals surface area contributed by atoms with Gasteiger partial charge in [-0.3, -0.25) is 9.69 Å². The number of hydrogen-bond donors (Lipinski definition) is 2. The summed E-state index contributed by atoms with van der Waals surface area (Å²) in [7, 11) is 4.01. The molecule has 0 aromatic heterocycles. The largest absolute Gasteiger partial charge is 0.355 e. The van der Waals surface area contributed by atoms with E-state index < -0.39 is 0 Å². The monoisotopic (exact) mass is 285 g/mol. The van der Waals surface area contributed by atoms with Gasteiger partial charge in [-0.1, -0.05) is 39.5 Å². The van der Waals surface area contributed by atoms with Crippen LogP contribution in [0.25, 0.3) is 0 Å². The van der Waals surface area contributed by atoms with Gasteiger partial charge in [0.05, 0.1) is 6.54 Å². The molecular formula is C16H35N3O. The molecule has 0 bridgehead atoms. The van der Waals surface area contributed by atoms with Crippen LogP contribution < -0.4 is 10.6 Å². The maximum atomic E-state index is 11.7. The second kappa shape index (κ2) is 13.4. The van der Waals surface area contributed by atoms with Crippen LogP contribution >= 0.6 is 0 Å². The van der Waals surface area contributed by atoms with E-state index in [-0.39, 0.29) is 5.91 Å². The van der Waals surface area contributed by atoms with Crippen LogP contribution in [0.3, 0.4) is 0 Å². The highest BCUT2D eigenvalue weighted by Crippen LogP contribution is 2.04. The molecule has 2 N–H and O–H groups in total. The number of rotatable bonds is 13. The Morgan fingerprint density at radius 1 is 1.00 bits per heavy atom. The van der Waals surface area contributed by atoms with Gasteiger partial charge in [-0.05, 0) is 39.4 Å². The molecule has 120 valence electrons. The second-order valence-corrected chi connectivity index (χ2v) is 6.17. The Balaban J connectivity index is 3.31. The van der Waals surface area contributed by atoms with Gasteiger partial charge in [0.2, 0.25) is 5.91 Å². The van der Waals surface area contributed by atoms with Crippen LogP contribution in [-0.4, -0.2) is 51.1 Å². The van der Waals surface area contributed by atoms with Crippen molar-refractivity contribution in [3.8, 4) is 0 Å². The summed E-state index contributed by atoms with van der Waals surface area (Å²) < 4.78 is 0. The van der Waals surface area contributed by atoms with Crippen molar-refractivity contribution in [1.82, 2.24) is 15.5 Å². The molecular weight excluding hydrogens is 250 g/mol. The van der Waals surface area contributed by atoms with Crippen LogP contribution in [0.15, 0.2) is 0 Å². The van der Waals surface area contributed by atoms with Crippen LogP contribution in [0.2, 0.25) is 0 Å². The van der Waals surface area contributed by atoms with E-state index in [0.717, 1.165) is 26.1 Å². The molecule has 0 aliphatic carbocycles. The van der Waals surface area contributed by atoms with E-state index in [9.17, 15) is 4.79 Å². The number of likely N-dealkylation sites (N-methyl/N-ethyl adjacent to an activating group) is 1. The maximum Gasteiger partial charge on any atom is 0.234 e. The number of nitrogens with one attached hydrogen (secondary N) is 2. The fourth-order valence-corrected chi connectivity index (χ4v) is 2.35. The van der Waals surface area contributed by atoms with E-state index >= 15 is 0 Å². The lowest BCUT2D eigenvalue weighted by Gasteiger charge is -2.18. The smallest absolute Gasteiger partial charge is 0.234 e. The lowest BCUT2D eigenvalue weighted by atomic mass is 10.1. The average Bonchev–Trinajstić information content (AvgIpc) is 2.35. The molecule has 0 rings (SSSR count). The molecule has 0 fully saturated rings. The fourth-order valence-electron chi connectivity index (χ4n) is 2.35. The summed E-state index contributed by atoms with van der Waals surface area (Å²) in [5.41, 5.74) is 0. The zero-order valence-electron chi connectivity index (χ0n) is 14.0. The van der Waals surface area contributed by atoms with Gasteiger partial charge in [0, 0.05) is 13.1 Å². The standard InChI is InChI=1S/C16H35N3O/c1-15(2)13-19(4)14-16(20)18-12-10-8-6-5-7-9-11-17-3/h15,17H,5-14H2,1-4H3,(H,18,20). The predicted octanol–water partition coefficient (Wildman–Crippen LogP) is 2.25. The molecule has 0 aliphatic rings. The van der Waals surface area contributed by atoms with Crippen molar-refractivity contribution in [2.75, 3.05) is 40.3 Å². The summed E-state index contributed by atoms with van der Waals surface area (Å²) in [5.74, 6) is 0.762. The molecule has 0 heterocycles. The van der Waals surface area contributed by atoms with E-state index in [2.05, 4.69) is 29.4 Å². The first-order chi connectivity index (χ1) is 9.56. The number of hydrogen-bond acceptors (Lipinski definition) is 3. The van der Waals surface area contributed by atoms with Crippen molar-refractivity contribution in [3.05, 3.63) is 0 Å². The molecule has 0 aromatic carbocycles. The normalized spacial score (nSPS) is 11.3. The summed E-state index contributed by atoms with van der Waals surface area (Å²) >= 11 is 0. The minimum atomic E-state index is 0.155. The van der Waals surface area contributed by atoms with E-state index in [4.69, 9.17) is 0 Å². The highest BCUT2D eigenvalue weighted by atomic mass is 16.2. The minimum absolute atomic E-state index is 0.155. The van der Waals surface area contributed by atoms with E-state index in [1.807, 2.05) is 14.1 Å². The Kier molecular flexibility index (Phi) is 13.0. The number of carbonyl (C=O) groups excluding carboxylic acids is 1. The SMILES string of the molecule is CNCCCCCCCCNC(=O)CN(C)CC(C)C. The first-order valence-electron chi connectivity index (χ1n) is 8.16. The zero-order valence-corrected chi connectivity index (χ0v) is 14.0. The molecule has 0 radical (unpaired) electrons. The van der Waals surface area contributed by atoms with Crippen LogP contribution in [-0.2, 0) is 4.79 Å². The Morgan fingerprint density at radius 2 is 1.55 bits per heavy atom. The summed E-state index contributed by atoms with van der Waals surface area (Å²) in [6.07, 6.45) is 7.51. The van der Waals surface area contributed by atoms with Gasteiger partial charge < -0.3 is 10.6 Å². The Bertz CT molecular complexity index is 232. The van der Waals surface area contributed by atoms with Gasteiger partial charge in [-0.25, -0.2) is 0 Å². The molecule has 20 heavy (non-hydrogen) atoms. The molecule has 0 aromatic rings. The number of carbonyl (C=O) groups is 1. The van der Waals surface area contributed by atoms with Crippen molar-refractivity contribution in [2.45, 2.75) is 52.4 Å². The van der Waals surface area contributed by atoms with Gasteiger partial charge in [0.15, 0.2) is 0 Å². The number of amides is 1. The van der Waals surface area contributed by atoms with Crippen LogP contribution in [0.5, 0.6) is 0 Å². The van der Waals surface area contributed by atoms with Gasteiger partial charge in [-0.15, -0.1) is 0 Å². The van der Waals surface area contributed by atoms with Crippen molar-refractivity contribution in [2.24, 2.45) is 5.92 Å². The zero-order chi connectivity index (χ0) is 15.2. The Hall–Kier alpha value is -0.610. The van der Waals surface area contributed by atoms with Crippen molar-refractivity contribution < 1.29 is 4.79 Å². The molecule has 0 saturated heterocycles. The highest BCUT2D eigenvalue weighted by molar-refractivity contribution is 5.77. The molecule has 0 spiro atoms. The Morgan fingerprint density at radius 3 is 2.10 bits per heavy atom. The van der Waals surface area contributed by atoms with Crippen molar-refractivity contribution in [3.63, 3.8) is 0 Å². The summed E-state index contributed by atoms with van der Waals surface area (Å²) in [6, 6.07) is 0. The van der Waals surface area contributed by atoms with Gasteiger partial charge in [0.25, 0.3) is 0 Å². The van der Waals surface area contributed by atoms with E-state index in [1.165, 1.54) is 32.1 Å². The van der Waals surface area contributed by atoms with Gasteiger partial charge in [-0.2, -0.15) is 0 Å². The molecule has 0 atom stereocenters. The third-order valence-electron chi connectivity index (χ3n) is 3.27. The third-order valence-corrected chi connectivity index (χ3v) is 3.27. The minimum Gasteiger partial charge on any atom is -0.355 e. The molecule has 1 amide bonds. The fraction of sp³-hybridized carbons (Fsp3) is 0.938. The van der Waals surface area contributed by atoms with Crippen LogP contribution in [0, 0.1) is 5.92 Å². The van der Waals surface area contributed by atoms with Gasteiger partial charge in [0.1, 0.15) is 0 Å². The van der Waals surface area contributed by atoms with Crippen molar-refractivity contribution >= 4 is 5.91 Å². The topological polar surface area (TPSA) is 44.4 Å². The molecule has 0 saturated carbocycles. The van der Waals surface area contributed by atoms with E-state index in [1.54, 1.807) is 0 Å². The average molecular weight is 285 g/mol. The molecule has 0 aliphatic heterocycles. The highest BCUT2D eigenvalue weighted by Gasteiger charge is 2.06. The number of unbranched alkanes of at least 4 members (excludes halogenated alkanes) is 5. The summed E-state index contributed by atoms with van der Waals surface area (Å²) in [4.78, 5) is 13.8. The van der Waals surface area contributed by atoms with Gasteiger partial charge >= 0.3 is 0 Å². The first-order valence-corrected chi connectivity index (χ1v) is 8.16. The number of nitrogens with zero attached hydrogens (tertiary/aromatic N) is 1. The summed E-state index contributed by atoms with van der Waals surface area (Å²) in [5, 5.41) is 6.17. The first kappa shape index (κ1) is 19.4. The van der Waals surface area contributed by atoms with Crippen LogP contribution in [0.1, 0.15) is 52.4 Å². The quantitative estimate of drug-likeness (QED) is 0.510. The lowest BCUT2D eigenvalue weighted by Crippen LogP contribution is -2.37. The molecule has 0 unspecified atom stereocenters. The summed E-state index contributed by atoms with van der Waals surface area (Å²) in [6.45, 7) is 7.78. The maximum absolute atomic E-state index is 11.7. The lowest BCUT2D eigenvalue weighted by molar-refractivity contribution is -0.122. The third kappa shape index (κ3) is 13.8.